The Kier molecular flexibility index (Phi) is 4.60. The normalized spacial score (nSPS) is 20.2. The lowest BCUT2D eigenvalue weighted by atomic mass is 9.95. The van der Waals surface area contributed by atoms with Gasteiger partial charge in [0.05, 0.1) is 23.5 Å². The Labute approximate surface area is 165 Å². The average molecular weight is 409 g/mol. The van der Waals surface area contributed by atoms with E-state index in [1.165, 1.54) is 23.9 Å². The average Bonchev–Trinajstić information content (AvgIpc) is 3.26. The van der Waals surface area contributed by atoms with Crippen LogP contribution in [0.25, 0.3) is 16.7 Å². The number of ether oxygens (including phenoxy) is 2. The van der Waals surface area contributed by atoms with Crippen molar-refractivity contribution in [3.8, 4) is 5.82 Å². The predicted octanol–water partition coefficient (Wildman–Crippen LogP) is 4.15. The van der Waals surface area contributed by atoms with E-state index in [0.717, 1.165) is 12.3 Å². The molecule has 0 spiro atoms. The summed E-state index contributed by atoms with van der Waals surface area (Å²) in [5, 5.41) is 5.53. The zero-order valence-electron chi connectivity index (χ0n) is 15.7. The molecule has 0 saturated carbocycles. The summed E-state index contributed by atoms with van der Waals surface area (Å²) in [4.78, 5) is 8.71. The lowest BCUT2D eigenvalue weighted by molar-refractivity contribution is -0.0256. The van der Waals surface area contributed by atoms with E-state index in [2.05, 4.69) is 15.1 Å². The molecule has 0 aliphatic carbocycles. The predicted molar refractivity (Wildman–Crippen MR) is 100 cm³/mol. The number of alkyl halides is 2. The van der Waals surface area contributed by atoms with E-state index in [0.29, 0.717) is 29.9 Å². The van der Waals surface area contributed by atoms with Crippen molar-refractivity contribution in [2.45, 2.75) is 31.8 Å². The Morgan fingerprint density at radius 3 is 2.75 bits per heavy atom. The monoisotopic (exact) mass is 408 g/mol. The second-order valence-electron chi connectivity index (χ2n) is 7.01. The molecule has 0 amide bonds. The summed E-state index contributed by atoms with van der Waals surface area (Å²) in [5.41, 5.74) is 0.691. The van der Waals surface area contributed by atoms with Gasteiger partial charge in [0.2, 0.25) is 0 Å². The summed E-state index contributed by atoms with van der Waals surface area (Å²) in [7, 11) is 1.53. The van der Waals surface area contributed by atoms with Crippen molar-refractivity contribution in [3.63, 3.8) is 0 Å². The summed E-state index contributed by atoms with van der Waals surface area (Å²) in [5.74, 6) is -2.80. The van der Waals surface area contributed by atoms with Crippen molar-refractivity contribution < 1.29 is 18.3 Å². The molecule has 4 heterocycles. The minimum atomic E-state index is -3.06. The Morgan fingerprint density at radius 2 is 2.11 bits per heavy atom. The van der Waals surface area contributed by atoms with E-state index in [9.17, 15) is 8.78 Å². The number of hydrogen-bond donors (Lipinski definition) is 0. The van der Waals surface area contributed by atoms with Gasteiger partial charge in [-0.05, 0) is 19.1 Å². The number of rotatable bonds is 4. The largest absolute Gasteiger partial charge is 0.378 e. The number of fused-ring (bicyclic) bond motifs is 1. The minimum absolute atomic E-state index is 0.169. The van der Waals surface area contributed by atoms with E-state index in [1.807, 2.05) is 6.92 Å². The lowest BCUT2D eigenvalue weighted by Gasteiger charge is -2.27. The molecule has 3 aromatic heterocycles. The minimum Gasteiger partial charge on any atom is -0.378 e. The fraction of sp³-hybridized carbons (Fsp3) is 0.421. The highest BCUT2D eigenvalue weighted by atomic mass is 35.5. The van der Waals surface area contributed by atoms with E-state index >= 15 is 0 Å². The smallest absolute Gasteiger partial charge is 0.270 e. The molecule has 1 saturated heterocycles. The van der Waals surface area contributed by atoms with Gasteiger partial charge in [-0.15, -0.1) is 0 Å². The highest BCUT2D eigenvalue weighted by molar-refractivity contribution is 6.30. The molecular weight excluding hydrogens is 390 g/mol. The Bertz CT molecular complexity index is 1040. The molecular formula is C19H19ClF2N4O2. The van der Waals surface area contributed by atoms with Gasteiger partial charge in [-0.3, -0.25) is 0 Å². The maximum atomic E-state index is 14.3. The third-order valence-corrected chi connectivity index (χ3v) is 5.30. The van der Waals surface area contributed by atoms with Crippen molar-refractivity contribution >= 4 is 22.5 Å². The Morgan fingerprint density at radius 1 is 1.32 bits per heavy atom. The van der Waals surface area contributed by atoms with Crippen LogP contribution < -0.4 is 0 Å². The molecule has 1 fully saturated rings. The SMILES string of the molecule is COC1(c2cc(C(C)(F)F)cc(-n3nc(C)c4cnc(Cl)cc43)n2)CCOC1. The lowest BCUT2D eigenvalue weighted by Crippen LogP contribution is -2.31. The highest BCUT2D eigenvalue weighted by Crippen LogP contribution is 2.37. The first-order valence-electron chi connectivity index (χ1n) is 8.78. The van der Waals surface area contributed by atoms with Gasteiger partial charge in [0, 0.05) is 50.3 Å². The third kappa shape index (κ3) is 3.15. The van der Waals surface area contributed by atoms with Gasteiger partial charge in [-0.2, -0.15) is 5.10 Å². The van der Waals surface area contributed by atoms with Crippen molar-refractivity contribution in [1.29, 1.82) is 0 Å². The van der Waals surface area contributed by atoms with Gasteiger partial charge >= 0.3 is 0 Å². The number of halogens is 3. The quantitative estimate of drug-likeness (QED) is 0.607. The molecule has 1 unspecified atom stereocenters. The molecule has 1 aliphatic rings. The number of aryl methyl sites for hydroxylation is 1. The van der Waals surface area contributed by atoms with Crippen LogP contribution in [0.15, 0.2) is 24.4 Å². The zero-order valence-corrected chi connectivity index (χ0v) is 16.4. The maximum Gasteiger partial charge on any atom is 0.270 e. The molecule has 9 heteroatoms. The molecule has 0 radical (unpaired) electrons. The molecule has 1 aliphatic heterocycles. The van der Waals surface area contributed by atoms with Crippen LogP contribution in [0.5, 0.6) is 0 Å². The fourth-order valence-electron chi connectivity index (χ4n) is 3.43. The van der Waals surface area contributed by atoms with Gasteiger partial charge in [-0.25, -0.2) is 23.4 Å². The Balaban J connectivity index is 1.97. The number of aromatic nitrogens is 4. The summed E-state index contributed by atoms with van der Waals surface area (Å²) in [6.07, 6.45) is 2.14. The van der Waals surface area contributed by atoms with Crippen molar-refractivity contribution in [2.24, 2.45) is 0 Å². The maximum absolute atomic E-state index is 14.3. The number of methoxy groups -OCH3 is 1. The van der Waals surface area contributed by atoms with Gasteiger partial charge in [0.25, 0.3) is 5.92 Å². The second-order valence-corrected chi connectivity index (χ2v) is 7.40. The number of pyridine rings is 2. The van der Waals surface area contributed by atoms with Gasteiger partial charge in [0.1, 0.15) is 10.8 Å². The van der Waals surface area contributed by atoms with Crippen molar-refractivity contribution in [1.82, 2.24) is 19.7 Å². The van der Waals surface area contributed by atoms with Crippen LogP contribution in [-0.4, -0.2) is 40.1 Å². The van der Waals surface area contributed by atoms with Crippen molar-refractivity contribution in [3.05, 3.63) is 46.5 Å². The number of nitrogens with zero attached hydrogens (tertiary/aromatic N) is 4. The number of hydrogen-bond acceptors (Lipinski definition) is 5. The van der Waals surface area contributed by atoms with Gasteiger partial charge in [0.15, 0.2) is 5.82 Å². The molecule has 0 aromatic carbocycles. The molecule has 3 aromatic rings. The first-order valence-corrected chi connectivity index (χ1v) is 9.16. The zero-order chi connectivity index (χ0) is 20.1. The Hall–Kier alpha value is -2.16. The summed E-state index contributed by atoms with van der Waals surface area (Å²) in [6, 6.07) is 4.36. The molecule has 0 N–H and O–H groups in total. The molecule has 6 nitrogen and oxygen atoms in total. The summed E-state index contributed by atoms with van der Waals surface area (Å²) in [6.45, 7) is 3.40. The van der Waals surface area contributed by atoms with Crippen LogP contribution in [0, 0.1) is 6.92 Å². The molecule has 28 heavy (non-hydrogen) atoms. The van der Waals surface area contributed by atoms with Crippen LogP contribution in [-0.2, 0) is 21.0 Å². The fourth-order valence-corrected chi connectivity index (χ4v) is 3.58. The topological polar surface area (TPSA) is 62.1 Å². The van der Waals surface area contributed by atoms with Crippen molar-refractivity contribution in [2.75, 3.05) is 20.3 Å². The van der Waals surface area contributed by atoms with E-state index in [1.54, 1.807) is 12.3 Å². The van der Waals surface area contributed by atoms with Gasteiger partial charge < -0.3 is 9.47 Å². The molecule has 0 bridgehead atoms. The third-order valence-electron chi connectivity index (χ3n) is 5.10. The molecule has 1 atom stereocenters. The van der Waals surface area contributed by atoms with Crippen LogP contribution in [0.3, 0.4) is 0 Å². The molecule has 4 rings (SSSR count). The van der Waals surface area contributed by atoms with Crippen LogP contribution in [0.4, 0.5) is 8.78 Å². The van der Waals surface area contributed by atoms with E-state index < -0.39 is 11.5 Å². The van der Waals surface area contributed by atoms with Gasteiger partial charge in [-0.1, -0.05) is 11.6 Å². The summed E-state index contributed by atoms with van der Waals surface area (Å²) >= 11 is 6.04. The second kappa shape index (κ2) is 6.72. The highest BCUT2D eigenvalue weighted by Gasteiger charge is 2.40. The first kappa shape index (κ1) is 19.2. The van der Waals surface area contributed by atoms with E-state index in [4.69, 9.17) is 21.1 Å². The standard InChI is InChI=1S/C19H19ClF2N4O2/c1-11-13-9-23-16(20)8-14(13)26(25-11)17-7-12(18(2,21)22)6-15(24-17)19(27-3)4-5-28-10-19/h6-9H,4-5,10H2,1-3H3. The van der Waals surface area contributed by atoms with Crippen LogP contribution in [0.2, 0.25) is 5.15 Å². The first-order chi connectivity index (χ1) is 13.2. The molecule has 148 valence electrons. The summed E-state index contributed by atoms with van der Waals surface area (Å²) < 4.78 is 41.2. The van der Waals surface area contributed by atoms with Crippen LogP contribution >= 0.6 is 11.6 Å². The van der Waals surface area contributed by atoms with Crippen LogP contribution in [0.1, 0.15) is 30.3 Å². The van der Waals surface area contributed by atoms with E-state index in [-0.39, 0.29) is 23.1 Å².